The summed E-state index contributed by atoms with van der Waals surface area (Å²) in [6.07, 6.45) is 1.49. The highest BCUT2D eigenvalue weighted by molar-refractivity contribution is 5.59. The number of piperidine rings is 1. The first-order valence-corrected chi connectivity index (χ1v) is 6.35. The number of hydrogen-bond acceptors (Lipinski definition) is 5. The van der Waals surface area contributed by atoms with Gasteiger partial charge in [-0.25, -0.2) is 0 Å². The number of nitrogens with two attached hydrogens (primary N) is 1. The van der Waals surface area contributed by atoms with Crippen LogP contribution in [0.25, 0.3) is 0 Å². The number of benzene rings is 1. The maximum absolute atomic E-state index is 10.7. The maximum atomic E-state index is 10.7. The third kappa shape index (κ3) is 3.42. The molecule has 1 heterocycles. The number of likely N-dealkylation sites (tertiary alicyclic amines) is 1. The number of hydrogen-bond donors (Lipinski definition) is 2. The Morgan fingerprint density at radius 1 is 1.47 bits per heavy atom. The highest BCUT2D eigenvalue weighted by Crippen LogP contribution is 2.25. The van der Waals surface area contributed by atoms with Gasteiger partial charge in [0.25, 0.3) is 5.69 Å². The fourth-order valence-electron chi connectivity index (χ4n) is 2.32. The van der Waals surface area contributed by atoms with Crippen molar-refractivity contribution in [3.8, 4) is 0 Å². The Hall–Kier alpha value is -1.66. The van der Waals surface area contributed by atoms with Gasteiger partial charge in [-0.2, -0.15) is 0 Å². The molecule has 1 fully saturated rings. The van der Waals surface area contributed by atoms with Gasteiger partial charge >= 0.3 is 0 Å². The number of nitrogens with zero attached hydrogens (tertiary/aromatic N) is 2. The lowest BCUT2D eigenvalue weighted by Gasteiger charge is -2.35. The monoisotopic (exact) mass is 265 g/mol. The molecule has 0 bridgehead atoms. The molecule has 1 aliphatic rings. The minimum Gasteiger partial charge on any atom is -0.393 e. The lowest BCUT2D eigenvalue weighted by molar-refractivity contribution is -0.383. The summed E-state index contributed by atoms with van der Waals surface area (Å²) in [4.78, 5) is 12.4. The predicted octanol–water partition coefficient (Wildman–Crippen LogP) is 1.52. The van der Waals surface area contributed by atoms with Gasteiger partial charge in [0.05, 0.1) is 10.5 Å². The molecule has 2 rings (SSSR count). The molecule has 1 saturated heterocycles. The minimum atomic E-state index is -0.564. The largest absolute Gasteiger partial charge is 0.393 e. The number of rotatable bonds is 3. The molecule has 3 N–H and O–H groups in total. The van der Waals surface area contributed by atoms with Gasteiger partial charge in [0, 0.05) is 25.7 Å². The van der Waals surface area contributed by atoms with E-state index in [9.17, 15) is 15.2 Å². The van der Waals surface area contributed by atoms with E-state index in [1.807, 2.05) is 6.92 Å². The smallest absolute Gasteiger partial charge is 0.292 e. The number of anilines is 1. The first-order chi connectivity index (χ1) is 8.87. The second-order valence-corrected chi connectivity index (χ2v) is 5.42. The summed E-state index contributed by atoms with van der Waals surface area (Å²) in [5, 5.41) is 20.6. The molecule has 0 amide bonds. The molecule has 1 aromatic rings. The van der Waals surface area contributed by atoms with Gasteiger partial charge in [-0.05, 0) is 31.4 Å². The van der Waals surface area contributed by atoms with Crippen LogP contribution >= 0.6 is 0 Å². The third-order valence-corrected chi connectivity index (χ3v) is 3.63. The van der Waals surface area contributed by atoms with Crippen LogP contribution in [-0.2, 0) is 6.54 Å². The summed E-state index contributed by atoms with van der Waals surface area (Å²) in [5.74, 6) is 0. The van der Waals surface area contributed by atoms with Crippen molar-refractivity contribution in [3.05, 3.63) is 33.9 Å². The summed E-state index contributed by atoms with van der Waals surface area (Å²) in [6, 6.07) is 4.84. The van der Waals surface area contributed by atoms with E-state index >= 15 is 0 Å². The number of aliphatic hydroxyl groups is 1. The lowest BCUT2D eigenvalue weighted by atomic mass is 9.93. The standard InChI is InChI=1S/C13H19N3O3/c1-13(17)4-6-15(7-5-13)9-10-2-3-12(16(18)19)11(14)8-10/h2-3,8,17H,4-7,9,14H2,1H3. The highest BCUT2D eigenvalue weighted by Gasteiger charge is 2.27. The second kappa shape index (κ2) is 5.14. The van der Waals surface area contributed by atoms with Gasteiger partial charge < -0.3 is 10.8 Å². The second-order valence-electron chi connectivity index (χ2n) is 5.42. The third-order valence-electron chi connectivity index (χ3n) is 3.63. The van der Waals surface area contributed by atoms with Crippen molar-refractivity contribution in [2.45, 2.75) is 31.9 Å². The normalized spacial score (nSPS) is 19.3. The molecule has 0 atom stereocenters. The fraction of sp³-hybridized carbons (Fsp3) is 0.538. The first-order valence-electron chi connectivity index (χ1n) is 6.35. The zero-order valence-electron chi connectivity index (χ0n) is 11.0. The van der Waals surface area contributed by atoms with Gasteiger partial charge in [0.15, 0.2) is 0 Å². The van der Waals surface area contributed by atoms with E-state index in [2.05, 4.69) is 4.90 Å². The Kier molecular flexibility index (Phi) is 3.73. The summed E-state index contributed by atoms with van der Waals surface area (Å²) >= 11 is 0. The molecule has 0 saturated carbocycles. The van der Waals surface area contributed by atoms with E-state index in [4.69, 9.17) is 5.73 Å². The summed E-state index contributed by atoms with van der Waals surface area (Å²) in [7, 11) is 0. The molecule has 1 aliphatic heterocycles. The van der Waals surface area contributed by atoms with Crippen molar-refractivity contribution >= 4 is 11.4 Å². The molecule has 0 spiro atoms. The van der Waals surface area contributed by atoms with Crippen LogP contribution in [0, 0.1) is 10.1 Å². The Morgan fingerprint density at radius 2 is 2.11 bits per heavy atom. The quantitative estimate of drug-likeness (QED) is 0.491. The molecule has 0 unspecified atom stereocenters. The molecule has 0 radical (unpaired) electrons. The molecule has 6 nitrogen and oxygen atoms in total. The highest BCUT2D eigenvalue weighted by atomic mass is 16.6. The molecule has 1 aromatic carbocycles. The Bertz CT molecular complexity index is 478. The number of nitro benzene ring substituents is 1. The van der Waals surface area contributed by atoms with E-state index in [-0.39, 0.29) is 11.4 Å². The van der Waals surface area contributed by atoms with E-state index in [1.165, 1.54) is 6.07 Å². The molecular weight excluding hydrogens is 246 g/mol. The van der Waals surface area contributed by atoms with Gasteiger partial charge in [-0.1, -0.05) is 6.07 Å². The van der Waals surface area contributed by atoms with Crippen LogP contribution in [-0.4, -0.2) is 33.6 Å². The van der Waals surface area contributed by atoms with E-state index in [1.54, 1.807) is 12.1 Å². The van der Waals surface area contributed by atoms with E-state index in [0.29, 0.717) is 6.54 Å². The van der Waals surface area contributed by atoms with Crippen molar-refractivity contribution in [1.29, 1.82) is 0 Å². The molecular formula is C13H19N3O3. The molecule has 0 aromatic heterocycles. The first kappa shape index (κ1) is 13.8. The van der Waals surface area contributed by atoms with Crippen molar-refractivity contribution in [2.24, 2.45) is 0 Å². The zero-order chi connectivity index (χ0) is 14.0. The number of nitrogen functional groups attached to an aromatic ring is 1. The SMILES string of the molecule is CC1(O)CCN(Cc2ccc([N+](=O)[O-])c(N)c2)CC1. The molecule has 0 aliphatic carbocycles. The average Bonchev–Trinajstić information content (AvgIpc) is 2.31. The van der Waals surface area contributed by atoms with Crippen LogP contribution in [0.3, 0.4) is 0 Å². The van der Waals surface area contributed by atoms with Crippen LogP contribution in [0.5, 0.6) is 0 Å². The van der Waals surface area contributed by atoms with Crippen molar-refractivity contribution in [2.75, 3.05) is 18.8 Å². The van der Waals surface area contributed by atoms with Crippen molar-refractivity contribution in [1.82, 2.24) is 4.90 Å². The van der Waals surface area contributed by atoms with Crippen LogP contribution < -0.4 is 5.73 Å². The maximum Gasteiger partial charge on any atom is 0.292 e. The molecule has 6 heteroatoms. The Morgan fingerprint density at radius 3 is 2.63 bits per heavy atom. The van der Waals surface area contributed by atoms with Crippen LogP contribution in [0.1, 0.15) is 25.3 Å². The summed E-state index contributed by atoms with van der Waals surface area (Å²) < 4.78 is 0. The number of nitro groups is 1. The van der Waals surface area contributed by atoms with E-state index in [0.717, 1.165) is 31.5 Å². The van der Waals surface area contributed by atoms with Crippen molar-refractivity contribution < 1.29 is 10.0 Å². The Balaban J connectivity index is 2.01. The topological polar surface area (TPSA) is 92.6 Å². The van der Waals surface area contributed by atoms with Gasteiger partial charge in [0.1, 0.15) is 5.69 Å². The predicted molar refractivity (Wildman–Crippen MR) is 72.6 cm³/mol. The van der Waals surface area contributed by atoms with Gasteiger partial charge in [-0.15, -0.1) is 0 Å². The zero-order valence-corrected chi connectivity index (χ0v) is 11.0. The van der Waals surface area contributed by atoms with Crippen LogP contribution in [0.4, 0.5) is 11.4 Å². The van der Waals surface area contributed by atoms with Gasteiger partial charge in [-0.3, -0.25) is 15.0 Å². The minimum absolute atomic E-state index is 0.0506. The average molecular weight is 265 g/mol. The van der Waals surface area contributed by atoms with Crippen LogP contribution in [0.15, 0.2) is 18.2 Å². The summed E-state index contributed by atoms with van der Waals surface area (Å²) in [6.45, 7) is 4.21. The summed E-state index contributed by atoms with van der Waals surface area (Å²) in [5.41, 5.74) is 6.22. The lowest BCUT2D eigenvalue weighted by Crippen LogP contribution is -2.41. The molecule has 19 heavy (non-hydrogen) atoms. The van der Waals surface area contributed by atoms with Gasteiger partial charge in [0.2, 0.25) is 0 Å². The fourth-order valence-corrected chi connectivity index (χ4v) is 2.32. The van der Waals surface area contributed by atoms with E-state index < -0.39 is 10.5 Å². The van der Waals surface area contributed by atoms with Crippen LogP contribution in [0.2, 0.25) is 0 Å². The molecule has 104 valence electrons. The van der Waals surface area contributed by atoms with Crippen molar-refractivity contribution in [3.63, 3.8) is 0 Å². The Labute approximate surface area is 112 Å².